The zero-order chi connectivity index (χ0) is 10.8. The normalized spacial score (nSPS) is 10.3. The molecule has 0 bridgehead atoms. The van der Waals surface area contributed by atoms with E-state index in [1.165, 1.54) is 0 Å². The number of para-hydroxylation sites is 1. The van der Waals surface area contributed by atoms with Gasteiger partial charge in [0.15, 0.2) is 0 Å². The van der Waals surface area contributed by atoms with Gasteiger partial charge in [0.25, 0.3) is 5.91 Å². The third-order valence-electron chi connectivity index (χ3n) is 2.29. The predicted molar refractivity (Wildman–Crippen MR) is 59.8 cm³/mol. The Balaban J connectivity index is 2.66. The molecule has 0 saturated heterocycles. The van der Waals surface area contributed by atoms with Crippen LogP contribution < -0.4 is 0 Å². The maximum absolute atomic E-state index is 11.9. The third kappa shape index (κ3) is 1.68. The number of nitrogens with zero attached hydrogens (tertiary/aromatic N) is 2. The zero-order valence-corrected chi connectivity index (χ0v) is 8.77. The van der Waals surface area contributed by atoms with Crippen molar-refractivity contribution in [2.75, 3.05) is 14.1 Å². The minimum absolute atomic E-state index is 0.00796. The highest BCUT2D eigenvalue weighted by molar-refractivity contribution is 6.05. The molecule has 3 heteroatoms. The molecular formula is C12H12N2O. The van der Waals surface area contributed by atoms with Crippen LogP contribution in [0.15, 0.2) is 36.5 Å². The molecule has 0 atom stereocenters. The molecule has 0 spiro atoms. The molecule has 1 heterocycles. The molecule has 0 radical (unpaired) electrons. The first-order valence-corrected chi connectivity index (χ1v) is 4.75. The molecule has 3 nitrogen and oxygen atoms in total. The summed E-state index contributed by atoms with van der Waals surface area (Å²) in [5.41, 5.74) is 1.55. The maximum atomic E-state index is 11.9. The van der Waals surface area contributed by atoms with Crippen molar-refractivity contribution in [3.05, 3.63) is 42.1 Å². The average molecular weight is 200 g/mol. The van der Waals surface area contributed by atoms with E-state index in [0.717, 1.165) is 10.9 Å². The number of carbonyl (C=O) groups is 1. The number of amides is 1. The lowest BCUT2D eigenvalue weighted by molar-refractivity contribution is 0.0829. The van der Waals surface area contributed by atoms with Gasteiger partial charge in [-0.25, -0.2) is 0 Å². The van der Waals surface area contributed by atoms with Crippen molar-refractivity contribution in [3.63, 3.8) is 0 Å². The summed E-state index contributed by atoms with van der Waals surface area (Å²) in [4.78, 5) is 17.6. The van der Waals surface area contributed by atoms with Crippen molar-refractivity contribution in [1.29, 1.82) is 0 Å². The van der Waals surface area contributed by atoms with Crippen LogP contribution in [0.5, 0.6) is 0 Å². The van der Waals surface area contributed by atoms with Crippen LogP contribution >= 0.6 is 0 Å². The summed E-state index contributed by atoms with van der Waals surface area (Å²) in [6.45, 7) is 0. The monoisotopic (exact) mass is 200 g/mol. The number of pyridine rings is 1. The fraction of sp³-hybridized carbons (Fsp3) is 0.167. The first-order valence-electron chi connectivity index (χ1n) is 4.75. The lowest BCUT2D eigenvalue weighted by Crippen LogP contribution is -2.21. The largest absolute Gasteiger partial charge is 0.345 e. The number of hydrogen-bond donors (Lipinski definition) is 0. The third-order valence-corrected chi connectivity index (χ3v) is 2.29. The van der Waals surface area contributed by atoms with E-state index in [9.17, 15) is 4.79 Å². The second-order valence-corrected chi connectivity index (χ2v) is 3.58. The van der Waals surface area contributed by atoms with Crippen molar-refractivity contribution >= 4 is 16.8 Å². The van der Waals surface area contributed by atoms with Crippen molar-refractivity contribution in [3.8, 4) is 0 Å². The van der Waals surface area contributed by atoms with E-state index in [1.54, 1.807) is 31.3 Å². The highest BCUT2D eigenvalue weighted by atomic mass is 16.2. The van der Waals surface area contributed by atoms with Gasteiger partial charge in [-0.3, -0.25) is 9.78 Å². The van der Waals surface area contributed by atoms with Gasteiger partial charge in [0.05, 0.1) is 11.1 Å². The summed E-state index contributed by atoms with van der Waals surface area (Å²) < 4.78 is 0. The number of benzene rings is 1. The number of hydrogen-bond acceptors (Lipinski definition) is 2. The van der Waals surface area contributed by atoms with Crippen LogP contribution in [-0.2, 0) is 0 Å². The zero-order valence-electron chi connectivity index (χ0n) is 8.77. The Morgan fingerprint density at radius 2 is 1.93 bits per heavy atom. The standard InChI is InChI=1S/C12H12N2O/c1-14(2)12(15)10-7-8-13-11-6-4-3-5-9(10)11/h3-8H,1-2H3. The van der Waals surface area contributed by atoms with Crippen LogP contribution in [0, 0.1) is 0 Å². The molecule has 0 unspecified atom stereocenters. The Bertz CT molecular complexity index is 500. The maximum Gasteiger partial charge on any atom is 0.254 e. The smallest absolute Gasteiger partial charge is 0.254 e. The Labute approximate surface area is 88.3 Å². The van der Waals surface area contributed by atoms with E-state index < -0.39 is 0 Å². The van der Waals surface area contributed by atoms with Crippen LogP contribution in [0.4, 0.5) is 0 Å². The van der Waals surface area contributed by atoms with Gasteiger partial charge in [-0.05, 0) is 12.1 Å². The first kappa shape index (κ1) is 9.65. The van der Waals surface area contributed by atoms with Crippen molar-refractivity contribution in [2.24, 2.45) is 0 Å². The molecule has 0 saturated carbocycles. The minimum atomic E-state index is 0.00796. The number of aromatic nitrogens is 1. The molecule has 76 valence electrons. The van der Waals surface area contributed by atoms with Gasteiger partial charge in [-0.15, -0.1) is 0 Å². The Hall–Kier alpha value is -1.90. The highest BCUT2D eigenvalue weighted by Gasteiger charge is 2.11. The summed E-state index contributed by atoms with van der Waals surface area (Å²) in [5, 5.41) is 0.902. The predicted octanol–water partition coefficient (Wildman–Crippen LogP) is 1.94. The molecule has 1 amide bonds. The van der Waals surface area contributed by atoms with Gasteiger partial charge < -0.3 is 4.90 Å². The van der Waals surface area contributed by atoms with Crippen molar-refractivity contribution in [2.45, 2.75) is 0 Å². The minimum Gasteiger partial charge on any atom is -0.345 e. The second-order valence-electron chi connectivity index (χ2n) is 3.58. The van der Waals surface area contributed by atoms with Crippen LogP contribution in [-0.4, -0.2) is 29.9 Å². The molecular weight excluding hydrogens is 188 g/mol. The second kappa shape index (κ2) is 3.69. The molecule has 0 aliphatic carbocycles. The van der Waals surface area contributed by atoms with Crippen molar-refractivity contribution < 1.29 is 4.79 Å². The van der Waals surface area contributed by atoms with Gasteiger partial charge in [0, 0.05) is 25.7 Å². The van der Waals surface area contributed by atoms with E-state index in [4.69, 9.17) is 0 Å². The molecule has 0 aliphatic rings. The summed E-state index contributed by atoms with van der Waals surface area (Å²) in [6, 6.07) is 9.40. The highest BCUT2D eigenvalue weighted by Crippen LogP contribution is 2.16. The molecule has 0 fully saturated rings. The summed E-state index contributed by atoms with van der Waals surface area (Å²) in [7, 11) is 3.50. The molecule has 15 heavy (non-hydrogen) atoms. The topological polar surface area (TPSA) is 33.2 Å². The van der Waals surface area contributed by atoms with Gasteiger partial charge in [-0.2, -0.15) is 0 Å². The first-order chi connectivity index (χ1) is 7.20. The van der Waals surface area contributed by atoms with E-state index in [2.05, 4.69) is 4.98 Å². The van der Waals surface area contributed by atoms with Crippen LogP contribution in [0.1, 0.15) is 10.4 Å². The number of rotatable bonds is 1. The lowest BCUT2D eigenvalue weighted by atomic mass is 10.1. The van der Waals surface area contributed by atoms with E-state index in [1.807, 2.05) is 24.3 Å². The molecule has 0 N–H and O–H groups in total. The molecule has 2 rings (SSSR count). The van der Waals surface area contributed by atoms with Crippen molar-refractivity contribution in [1.82, 2.24) is 9.88 Å². The van der Waals surface area contributed by atoms with Crippen LogP contribution in [0.25, 0.3) is 10.9 Å². The van der Waals surface area contributed by atoms with Gasteiger partial charge in [-0.1, -0.05) is 18.2 Å². The van der Waals surface area contributed by atoms with Gasteiger partial charge in [0.1, 0.15) is 0 Å². The van der Waals surface area contributed by atoms with E-state index in [-0.39, 0.29) is 5.91 Å². The number of fused-ring (bicyclic) bond motifs is 1. The Kier molecular flexibility index (Phi) is 2.37. The SMILES string of the molecule is CN(C)C(=O)c1ccnc2ccccc12. The summed E-state index contributed by atoms with van der Waals surface area (Å²) in [6.07, 6.45) is 1.67. The summed E-state index contributed by atoms with van der Waals surface area (Å²) in [5.74, 6) is 0.00796. The van der Waals surface area contributed by atoms with E-state index >= 15 is 0 Å². The van der Waals surface area contributed by atoms with Crippen LogP contribution in [0.2, 0.25) is 0 Å². The lowest BCUT2D eigenvalue weighted by Gasteiger charge is -2.11. The molecule has 1 aromatic heterocycles. The summed E-state index contributed by atoms with van der Waals surface area (Å²) >= 11 is 0. The molecule has 2 aromatic rings. The van der Waals surface area contributed by atoms with Gasteiger partial charge in [0.2, 0.25) is 0 Å². The fourth-order valence-electron chi connectivity index (χ4n) is 1.52. The Morgan fingerprint density at radius 1 is 1.20 bits per heavy atom. The average Bonchev–Trinajstić information content (AvgIpc) is 2.27. The molecule has 0 aliphatic heterocycles. The Morgan fingerprint density at radius 3 is 2.67 bits per heavy atom. The molecule has 1 aromatic carbocycles. The van der Waals surface area contributed by atoms with E-state index in [0.29, 0.717) is 5.56 Å². The quantitative estimate of drug-likeness (QED) is 0.704. The van der Waals surface area contributed by atoms with Gasteiger partial charge >= 0.3 is 0 Å². The number of carbonyl (C=O) groups excluding carboxylic acids is 1. The fourth-order valence-corrected chi connectivity index (χ4v) is 1.52. The van der Waals surface area contributed by atoms with Crippen LogP contribution in [0.3, 0.4) is 0 Å².